The highest BCUT2D eigenvalue weighted by Gasteiger charge is 2.02. The first kappa shape index (κ1) is 11.9. The summed E-state index contributed by atoms with van der Waals surface area (Å²) in [5.74, 6) is 0. The maximum atomic E-state index is 5.23. The van der Waals surface area contributed by atoms with Crippen molar-refractivity contribution in [3.63, 3.8) is 0 Å². The Bertz CT molecular complexity index is 87.0. The van der Waals surface area contributed by atoms with Crippen molar-refractivity contribution in [2.45, 2.75) is 25.5 Å². The molecule has 0 aliphatic carbocycles. The third-order valence-corrected chi connectivity index (χ3v) is 1.92. The van der Waals surface area contributed by atoms with Crippen molar-refractivity contribution >= 4 is 16.9 Å². The molecule has 4 N–H and O–H groups in total. The molecule has 0 aliphatic heterocycles. The zero-order valence-corrected chi connectivity index (χ0v) is 7.30. The van der Waals surface area contributed by atoms with Gasteiger partial charge in [-0.1, -0.05) is 13.8 Å². The average Bonchev–Trinajstić information content (AvgIpc) is 1.65. The van der Waals surface area contributed by atoms with Gasteiger partial charge in [-0.3, -0.25) is 11.1 Å². The second-order valence-electron chi connectivity index (χ2n) is 1.74. The number of nitrogens with two attached hydrogens (primary N) is 2. The molecule has 0 heterocycles. The highest BCUT2D eigenvalue weighted by atomic mass is 35.5. The lowest BCUT2D eigenvalue weighted by Gasteiger charge is -1.99. The third kappa shape index (κ3) is 8.11. The minimum absolute atomic E-state index is 0. The predicted molar refractivity (Wildman–Crippen MR) is 38.5 cm³/mol. The molecule has 0 saturated heterocycles. The van der Waals surface area contributed by atoms with Gasteiger partial charge in [-0.05, 0) is 18.2 Å². The average molecular weight is 169 g/mol. The molecule has 0 aromatic carbocycles. The minimum Gasteiger partial charge on any atom is -1.00 e. The fourth-order valence-electron chi connectivity index (χ4n) is 0.316. The van der Waals surface area contributed by atoms with Crippen LogP contribution in [0.5, 0.6) is 0 Å². The van der Waals surface area contributed by atoms with Gasteiger partial charge in [0.15, 0.2) is 0 Å². The zero-order valence-electron chi connectivity index (χ0n) is 5.73. The van der Waals surface area contributed by atoms with Crippen LogP contribution in [0, 0.1) is 0 Å². The number of hydrogen-bond acceptors (Lipinski definition) is 1. The second-order valence-corrected chi connectivity index (χ2v) is 3.25. The Morgan fingerprint density at radius 2 is 2.22 bits per heavy atom. The normalized spacial score (nSPS) is 11.8. The van der Waals surface area contributed by atoms with Crippen LogP contribution in [-0.2, 0) is 0 Å². The van der Waals surface area contributed by atoms with E-state index in [-0.39, 0.29) is 12.4 Å². The van der Waals surface area contributed by atoms with Crippen LogP contribution >= 0.6 is 11.8 Å². The highest BCUT2D eigenvalue weighted by molar-refractivity contribution is 8.14. The van der Waals surface area contributed by atoms with E-state index >= 15 is 0 Å². The Morgan fingerprint density at radius 3 is 2.33 bits per heavy atom. The van der Waals surface area contributed by atoms with Gasteiger partial charge in [0.2, 0.25) is 0 Å². The summed E-state index contributed by atoms with van der Waals surface area (Å²) in [7, 11) is 0. The molecule has 9 heavy (non-hydrogen) atoms. The van der Waals surface area contributed by atoms with Crippen molar-refractivity contribution in [3.05, 3.63) is 0 Å². The Kier molecular flexibility index (Phi) is 8.21. The summed E-state index contributed by atoms with van der Waals surface area (Å²) in [6, 6.07) is 0. The van der Waals surface area contributed by atoms with E-state index in [9.17, 15) is 0 Å². The summed E-state index contributed by atoms with van der Waals surface area (Å²) in [6.07, 6.45) is 1.11. The summed E-state index contributed by atoms with van der Waals surface area (Å²) >= 11 is 1.53. The highest BCUT2D eigenvalue weighted by Crippen LogP contribution is 2.09. The largest absolute Gasteiger partial charge is 1.00 e. The number of rotatable bonds is 2. The molecular weight excluding hydrogens is 156 g/mol. The monoisotopic (exact) mass is 168 g/mol. The first-order valence-electron chi connectivity index (χ1n) is 2.71. The lowest BCUT2D eigenvalue weighted by Crippen LogP contribution is -3.00. The molecule has 0 amide bonds. The lowest BCUT2D eigenvalue weighted by atomic mass is 10.4. The summed E-state index contributed by atoms with van der Waals surface area (Å²) < 4.78 is 0. The fourth-order valence-corrected chi connectivity index (χ4v) is 0.947. The van der Waals surface area contributed by atoms with E-state index in [2.05, 4.69) is 13.8 Å². The van der Waals surface area contributed by atoms with Crippen molar-refractivity contribution in [2.24, 2.45) is 5.73 Å². The first-order chi connectivity index (χ1) is 3.66. The maximum Gasteiger partial charge on any atom is 0.300 e. The zero-order chi connectivity index (χ0) is 6.57. The lowest BCUT2D eigenvalue weighted by molar-refractivity contribution is -0.110. The number of halogens is 1. The van der Waals surface area contributed by atoms with Crippen LogP contribution in [0.25, 0.3) is 0 Å². The fraction of sp³-hybridized carbons (Fsp3) is 0.800. The van der Waals surface area contributed by atoms with Crippen LogP contribution in [-0.4, -0.2) is 10.4 Å². The van der Waals surface area contributed by atoms with Crippen LogP contribution in [0.1, 0.15) is 20.3 Å². The van der Waals surface area contributed by atoms with E-state index in [0.717, 1.165) is 6.42 Å². The van der Waals surface area contributed by atoms with Crippen LogP contribution in [0.4, 0.5) is 0 Å². The molecule has 1 atom stereocenters. The molecule has 0 bridgehead atoms. The van der Waals surface area contributed by atoms with Crippen molar-refractivity contribution in [1.82, 2.24) is 0 Å². The molecule has 0 saturated carbocycles. The van der Waals surface area contributed by atoms with E-state index in [1.54, 1.807) is 0 Å². The summed E-state index contributed by atoms with van der Waals surface area (Å²) in [6.45, 7) is 4.21. The number of thioether (sulfide) groups is 1. The summed E-state index contributed by atoms with van der Waals surface area (Å²) in [5, 5.41) is 6.25. The molecule has 2 nitrogen and oxygen atoms in total. The Morgan fingerprint density at radius 1 is 1.78 bits per heavy atom. The topological polar surface area (TPSA) is 51.6 Å². The van der Waals surface area contributed by atoms with Crippen molar-refractivity contribution in [2.75, 3.05) is 0 Å². The van der Waals surface area contributed by atoms with Crippen LogP contribution in [0.3, 0.4) is 0 Å². The second kappa shape index (κ2) is 6.23. The van der Waals surface area contributed by atoms with E-state index < -0.39 is 0 Å². The van der Waals surface area contributed by atoms with E-state index in [1.807, 2.05) is 0 Å². The van der Waals surface area contributed by atoms with Gasteiger partial charge in [0.1, 0.15) is 0 Å². The first-order valence-corrected chi connectivity index (χ1v) is 3.59. The molecule has 56 valence electrons. The molecule has 4 heteroatoms. The molecule has 0 aromatic heterocycles. The van der Waals surface area contributed by atoms with E-state index in [4.69, 9.17) is 11.1 Å². The predicted octanol–water partition coefficient (Wildman–Crippen LogP) is -3.40. The van der Waals surface area contributed by atoms with Gasteiger partial charge in [-0.25, -0.2) is 0 Å². The van der Waals surface area contributed by atoms with Crippen molar-refractivity contribution in [3.8, 4) is 0 Å². The van der Waals surface area contributed by atoms with Crippen molar-refractivity contribution < 1.29 is 17.8 Å². The molecule has 0 spiro atoms. The number of amidine groups is 1. The van der Waals surface area contributed by atoms with E-state index in [0.29, 0.717) is 10.4 Å². The van der Waals surface area contributed by atoms with Gasteiger partial charge in [0.25, 0.3) is 5.17 Å². The number of hydrogen-bond donors (Lipinski definition) is 2. The molecule has 0 rings (SSSR count). The molecular formula is C5H13ClN2S. The quantitative estimate of drug-likeness (QED) is 0.334. The minimum atomic E-state index is 0. The van der Waals surface area contributed by atoms with Gasteiger partial charge >= 0.3 is 0 Å². The smallest absolute Gasteiger partial charge is 0.300 e. The van der Waals surface area contributed by atoms with Crippen LogP contribution in [0.2, 0.25) is 0 Å². The Hall–Kier alpha value is 0.110. The van der Waals surface area contributed by atoms with Crippen LogP contribution < -0.4 is 23.5 Å². The maximum absolute atomic E-state index is 5.23. The SMILES string of the molecule is CCC(C)SC(N)=[NH2+].[Cl-]. The van der Waals surface area contributed by atoms with Gasteiger partial charge in [0.05, 0.1) is 0 Å². The van der Waals surface area contributed by atoms with E-state index in [1.165, 1.54) is 11.8 Å². The summed E-state index contributed by atoms with van der Waals surface area (Å²) in [5.41, 5.74) is 5.23. The van der Waals surface area contributed by atoms with Gasteiger partial charge in [-0.2, -0.15) is 0 Å². The standard InChI is InChI=1S/C5H12N2S.ClH/c1-3-4(2)8-5(6)7;/h4H,3H2,1-2H3,(H3,6,7);1H. The molecule has 0 aromatic rings. The van der Waals surface area contributed by atoms with Gasteiger partial charge < -0.3 is 12.4 Å². The molecule has 0 fully saturated rings. The van der Waals surface area contributed by atoms with Gasteiger partial charge in [-0.15, -0.1) is 0 Å². The van der Waals surface area contributed by atoms with Gasteiger partial charge in [0, 0.05) is 5.25 Å². The van der Waals surface area contributed by atoms with Crippen molar-refractivity contribution in [1.29, 1.82) is 0 Å². The molecule has 0 radical (unpaired) electrons. The Balaban J connectivity index is 0. The third-order valence-electron chi connectivity index (χ3n) is 0.912. The molecule has 1 unspecified atom stereocenters. The molecule has 0 aliphatic rings. The Labute approximate surface area is 66.5 Å². The van der Waals surface area contributed by atoms with Crippen LogP contribution in [0.15, 0.2) is 0 Å². The summed E-state index contributed by atoms with van der Waals surface area (Å²) in [4.78, 5) is 0.